The van der Waals surface area contributed by atoms with Crippen molar-refractivity contribution in [3.05, 3.63) is 128 Å². The Bertz CT molecular complexity index is 2200. The summed E-state index contributed by atoms with van der Waals surface area (Å²) >= 11 is 0. The molecule has 0 radical (unpaired) electrons. The van der Waals surface area contributed by atoms with Gasteiger partial charge in [-0.15, -0.1) is 0 Å². The van der Waals surface area contributed by atoms with Crippen LogP contribution in [0.2, 0.25) is 0 Å². The maximum atomic E-state index is 2.84. The van der Waals surface area contributed by atoms with E-state index >= 15 is 0 Å². The molecule has 8 rings (SSSR count). The predicted molar refractivity (Wildman–Crippen MR) is 222 cm³/mol. The van der Waals surface area contributed by atoms with Crippen LogP contribution >= 0.6 is 0 Å². The van der Waals surface area contributed by atoms with Gasteiger partial charge in [-0.2, -0.15) is 0 Å². The van der Waals surface area contributed by atoms with E-state index in [1.807, 2.05) is 0 Å². The Morgan fingerprint density at radius 3 is 1.94 bits per heavy atom. The van der Waals surface area contributed by atoms with Crippen LogP contribution in [-0.4, -0.2) is 0 Å². The Kier molecular flexibility index (Phi) is 7.89. The molecular formula is C51H60. The Hall–Kier alpha value is -3.64. The molecule has 0 aromatic heterocycles. The highest BCUT2D eigenvalue weighted by Crippen LogP contribution is 2.69. The third-order valence-electron chi connectivity index (χ3n) is 14.2. The fourth-order valence-corrected chi connectivity index (χ4v) is 12.2. The van der Waals surface area contributed by atoms with E-state index in [9.17, 15) is 0 Å². The molecule has 4 aliphatic rings. The lowest BCUT2D eigenvalue weighted by Crippen LogP contribution is -2.42. The summed E-state index contributed by atoms with van der Waals surface area (Å²) in [5.41, 5.74) is 20.9. The van der Waals surface area contributed by atoms with Crippen molar-refractivity contribution >= 4 is 21.9 Å². The zero-order chi connectivity index (χ0) is 36.4. The Morgan fingerprint density at radius 1 is 0.627 bits per heavy atom. The second-order valence-corrected chi connectivity index (χ2v) is 18.0. The van der Waals surface area contributed by atoms with Gasteiger partial charge in [-0.25, -0.2) is 0 Å². The molecule has 264 valence electrons. The van der Waals surface area contributed by atoms with Crippen LogP contribution in [0.25, 0.3) is 33.0 Å². The van der Waals surface area contributed by atoms with Gasteiger partial charge in [0.25, 0.3) is 0 Å². The van der Waals surface area contributed by atoms with Gasteiger partial charge in [0.1, 0.15) is 0 Å². The molecule has 2 atom stereocenters. The van der Waals surface area contributed by atoms with Crippen LogP contribution in [0.15, 0.2) is 84.0 Å². The van der Waals surface area contributed by atoms with E-state index in [-0.39, 0.29) is 16.2 Å². The number of fused-ring (bicyclic) bond motifs is 12. The van der Waals surface area contributed by atoms with Crippen molar-refractivity contribution in [2.75, 3.05) is 0 Å². The van der Waals surface area contributed by atoms with E-state index in [4.69, 9.17) is 0 Å². The topological polar surface area (TPSA) is 0 Å². The lowest BCUT2D eigenvalue weighted by molar-refractivity contribution is 0.298. The summed E-state index contributed by atoms with van der Waals surface area (Å²) in [6.45, 7) is 29.3. The summed E-state index contributed by atoms with van der Waals surface area (Å²) < 4.78 is 0. The van der Waals surface area contributed by atoms with Gasteiger partial charge in [-0.05, 0) is 135 Å². The fourth-order valence-electron chi connectivity index (χ4n) is 12.2. The number of rotatable bonds is 7. The molecule has 0 aliphatic heterocycles. The lowest BCUT2D eigenvalue weighted by atomic mass is 9.55. The monoisotopic (exact) mass is 672 g/mol. The van der Waals surface area contributed by atoms with Crippen molar-refractivity contribution in [1.82, 2.24) is 0 Å². The van der Waals surface area contributed by atoms with Crippen LogP contribution in [0.5, 0.6) is 0 Å². The molecule has 4 aromatic carbocycles. The number of hydrogen-bond donors (Lipinski definition) is 0. The highest BCUT2D eigenvalue weighted by Gasteiger charge is 2.57. The zero-order valence-corrected chi connectivity index (χ0v) is 33.6. The maximum absolute atomic E-state index is 2.84. The number of aryl methyl sites for hydroxylation is 2. The average molecular weight is 673 g/mol. The lowest BCUT2D eigenvalue weighted by Gasteiger charge is -2.47. The highest BCUT2D eigenvalue weighted by molar-refractivity contribution is 6.13. The van der Waals surface area contributed by atoms with Gasteiger partial charge in [-0.3, -0.25) is 0 Å². The third-order valence-corrected chi connectivity index (χ3v) is 14.2. The standard InChI is InChI=1S/C51H60/c1-13-32(14-2)34-27-39(33(15-3)16-4)44(29(5)6)51(28-34)42-24-23-38-46(43(42)37-22-21-35-31(8)25-30(7)26-40(35)45(37)51)50(11,12)47-36-19-17-18-20-41(36)49(9,10)48(38)47/h17-29,32-33,44H,13-16H2,1-12H3. The van der Waals surface area contributed by atoms with Gasteiger partial charge in [0, 0.05) is 22.2 Å². The average Bonchev–Trinajstić information content (AvgIpc) is 3.61. The van der Waals surface area contributed by atoms with Gasteiger partial charge >= 0.3 is 0 Å². The van der Waals surface area contributed by atoms with Crippen molar-refractivity contribution in [3.8, 4) is 11.1 Å². The molecule has 0 heteroatoms. The molecule has 0 heterocycles. The van der Waals surface area contributed by atoms with Gasteiger partial charge in [0.05, 0.1) is 0 Å². The van der Waals surface area contributed by atoms with E-state index in [1.165, 1.54) is 75.4 Å². The van der Waals surface area contributed by atoms with Crippen LogP contribution in [0.3, 0.4) is 0 Å². The van der Waals surface area contributed by atoms with Crippen LogP contribution in [-0.2, 0) is 16.2 Å². The molecule has 1 spiro atoms. The molecular weight excluding hydrogens is 613 g/mol. The van der Waals surface area contributed by atoms with Crippen LogP contribution < -0.4 is 0 Å². The molecule has 0 saturated carbocycles. The second-order valence-electron chi connectivity index (χ2n) is 18.0. The summed E-state index contributed by atoms with van der Waals surface area (Å²) in [6, 6.07) is 24.4. The number of benzene rings is 4. The number of allylic oxidation sites excluding steroid dienone is 6. The molecule has 0 bridgehead atoms. The van der Waals surface area contributed by atoms with Gasteiger partial charge in [-0.1, -0.05) is 153 Å². The fraction of sp³-hybridized carbons (Fsp3) is 0.451. The summed E-state index contributed by atoms with van der Waals surface area (Å²) in [6.07, 6.45) is 10.3. The Labute approximate surface area is 309 Å². The van der Waals surface area contributed by atoms with Crippen molar-refractivity contribution in [1.29, 1.82) is 0 Å². The molecule has 4 aliphatic carbocycles. The second kappa shape index (κ2) is 11.7. The van der Waals surface area contributed by atoms with E-state index in [0.29, 0.717) is 23.7 Å². The van der Waals surface area contributed by atoms with Crippen molar-refractivity contribution in [2.45, 2.75) is 125 Å². The third kappa shape index (κ3) is 4.38. The van der Waals surface area contributed by atoms with E-state index in [2.05, 4.69) is 156 Å². The highest BCUT2D eigenvalue weighted by atomic mass is 14.6. The minimum Gasteiger partial charge on any atom is -0.0654 e. The Morgan fingerprint density at radius 2 is 1.27 bits per heavy atom. The first kappa shape index (κ1) is 34.4. The van der Waals surface area contributed by atoms with Crippen LogP contribution in [0.1, 0.15) is 139 Å². The molecule has 0 N–H and O–H groups in total. The molecule has 0 amide bonds. The minimum atomic E-state index is -0.241. The Balaban J connectivity index is 1.55. The molecule has 51 heavy (non-hydrogen) atoms. The smallest absolute Gasteiger partial charge is 0.0474 e. The maximum Gasteiger partial charge on any atom is 0.0474 e. The van der Waals surface area contributed by atoms with E-state index < -0.39 is 0 Å². The SMILES string of the molecule is CCC(CC)C1=CC2(c3ccc4c(c3-c3ccc5c(C)cc(C)cc5c32)C(C)(C)C2=C4C(C)(C)c3ccccc32)C(C(C)C)C(C(CC)CC)=C1. The molecule has 2 unspecified atom stereocenters. The van der Waals surface area contributed by atoms with Crippen LogP contribution in [0, 0.1) is 37.5 Å². The minimum absolute atomic E-state index is 0.0430. The zero-order valence-electron chi connectivity index (χ0n) is 33.6. The molecule has 0 nitrogen and oxygen atoms in total. The summed E-state index contributed by atoms with van der Waals surface area (Å²) in [5.74, 6) is 1.99. The van der Waals surface area contributed by atoms with Gasteiger partial charge < -0.3 is 0 Å². The summed E-state index contributed by atoms with van der Waals surface area (Å²) in [5, 5.41) is 2.88. The molecule has 0 fully saturated rings. The van der Waals surface area contributed by atoms with Crippen LogP contribution in [0.4, 0.5) is 0 Å². The first-order valence-electron chi connectivity index (χ1n) is 20.3. The quantitative estimate of drug-likeness (QED) is 0.183. The molecule has 0 saturated heterocycles. The van der Waals surface area contributed by atoms with Crippen molar-refractivity contribution < 1.29 is 0 Å². The van der Waals surface area contributed by atoms with Gasteiger partial charge in [0.2, 0.25) is 0 Å². The first-order valence-corrected chi connectivity index (χ1v) is 20.3. The first-order chi connectivity index (χ1) is 24.3. The van der Waals surface area contributed by atoms with E-state index in [0.717, 1.165) is 0 Å². The van der Waals surface area contributed by atoms with Crippen molar-refractivity contribution in [3.63, 3.8) is 0 Å². The molecule has 4 aromatic rings. The van der Waals surface area contributed by atoms with Crippen molar-refractivity contribution in [2.24, 2.45) is 23.7 Å². The predicted octanol–water partition coefficient (Wildman–Crippen LogP) is 14.2. The summed E-state index contributed by atoms with van der Waals surface area (Å²) in [7, 11) is 0. The van der Waals surface area contributed by atoms with Gasteiger partial charge in [0.15, 0.2) is 0 Å². The number of hydrogen-bond acceptors (Lipinski definition) is 0. The summed E-state index contributed by atoms with van der Waals surface area (Å²) in [4.78, 5) is 0. The normalized spacial score (nSPS) is 22.1. The largest absolute Gasteiger partial charge is 0.0654 e. The van der Waals surface area contributed by atoms with E-state index in [1.54, 1.807) is 39.0 Å².